The minimum atomic E-state index is -0.153. The number of piperidine rings is 1. The van der Waals surface area contributed by atoms with Crippen LogP contribution in [0.3, 0.4) is 0 Å². The summed E-state index contributed by atoms with van der Waals surface area (Å²) in [6.07, 6.45) is 1.45. The molecule has 1 aliphatic rings. The second kappa shape index (κ2) is 13.2. The van der Waals surface area contributed by atoms with Gasteiger partial charge in [0.25, 0.3) is 0 Å². The second-order valence-corrected chi connectivity index (χ2v) is 6.58. The number of carbonyl (C=O) groups excluding carboxylic acids is 2. The third-order valence-corrected chi connectivity index (χ3v) is 4.69. The van der Waals surface area contributed by atoms with Crippen LogP contribution < -0.4 is 15.4 Å². The Morgan fingerprint density at radius 3 is 2.34 bits per heavy atom. The number of rotatable bonds is 7. The molecule has 29 heavy (non-hydrogen) atoms. The summed E-state index contributed by atoms with van der Waals surface area (Å²) in [6, 6.07) is 7.55. The van der Waals surface area contributed by atoms with Crippen LogP contribution in [0, 0.1) is 5.92 Å². The van der Waals surface area contributed by atoms with Crippen LogP contribution >= 0.6 is 24.0 Å². The smallest absolute Gasteiger partial charge is 0.308 e. The highest BCUT2D eigenvalue weighted by Crippen LogP contribution is 2.18. The molecule has 0 atom stereocenters. The van der Waals surface area contributed by atoms with E-state index in [0.29, 0.717) is 32.1 Å². The molecule has 0 aromatic heterocycles. The van der Waals surface area contributed by atoms with Crippen LogP contribution in [0.5, 0.6) is 5.75 Å². The third-order valence-electron chi connectivity index (χ3n) is 4.69. The number of likely N-dealkylation sites (tertiary alicyclic amines) is 1. The molecule has 1 saturated heterocycles. The Morgan fingerprint density at radius 2 is 1.79 bits per heavy atom. The summed E-state index contributed by atoms with van der Waals surface area (Å²) in [7, 11) is 3.04. The van der Waals surface area contributed by atoms with Gasteiger partial charge >= 0.3 is 5.97 Å². The zero-order chi connectivity index (χ0) is 20.4. The van der Waals surface area contributed by atoms with Crippen molar-refractivity contribution in [2.45, 2.75) is 26.3 Å². The van der Waals surface area contributed by atoms with Crippen molar-refractivity contribution in [2.24, 2.45) is 10.9 Å². The van der Waals surface area contributed by atoms with Crippen molar-refractivity contribution in [3.8, 4) is 5.75 Å². The Bertz CT molecular complexity index is 674. The summed E-state index contributed by atoms with van der Waals surface area (Å²) in [5.74, 6) is 1.13. The van der Waals surface area contributed by atoms with E-state index >= 15 is 0 Å². The molecule has 8 nitrogen and oxygen atoms in total. The van der Waals surface area contributed by atoms with Gasteiger partial charge in [-0.2, -0.15) is 0 Å². The topological polar surface area (TPSA) is 92.3 Å². The van der Waals surface area contributed by atoms with Gasteiger partial charge in [-0.1, -0.05) is 12.1 Å². The highest BCUT2D eigenvalue weighted by Gasteiger charge is 2.27. The predicted molar refractivity (Wildman–Crippen MR) is 123 cm³/mol. The van der Waals surface area contributed by atoms with Crippen molar-refractivity contribution in [1.29, 1.82) is 0 Å². The van der Waals surface area contributed by atoms with Gasteiger partial charge in [0.1, 0.15) is 12.3 Å². The van der Waals surface area contributed by atoms with Crippen LogP contribution in [0.1, 0.15) is 25.3 Å². The van der Waals surface area contributed by atoms with E-state index in [-0.39, 0.29) is 48.3 Å². The van der Waals surface area contributed by atoms with Crippen molar-refractivity contribution in [3.05, 3.63) is 29.8 Å². The fourth-order valence-electron chi connectivity index (χ4n) is 3.07. The molecule has 1 aromatic carbocycles. The Labute approximate surface area is 189 Å². The predicted octanol–water partition coefficient (Wildman–Crippen LogP) is 1.78. The van der Waals surface area contributed by atoms with Crippen LogP contribution in [0.15, 0.2) is 29.3 Å². The van der Waals surface area contributed by atoms with E-state index in [2.05, 4.69) is 20.5 Å². The fraction of sp³-hybridized carbons (Fsp3) is 0.550. The normalized spacial score (nSPS) is 14.6. The number of benzene rings is 1. The molecule has 0 unspecified atom stereocenters. The number of guanidine groups is 1. The van der Waals surface area contributed by atoms with Crippen molar-refractivity contribution in [1.82, 2.24) is 15.5 Å². The molecule has 0 saturated carbocycles. The van der Waals surface area contributed by atoms with E-state index in [4.69, 9.17) is 9.47 Å². The Balaban J connectivity index is 0.00000420. The standard InChI is InChI=1S/C20H30N4O4.HI/c1-4-21-20(24-11-9-16(10-12-24)19(26)28-3)23-14-18(25)22-13-15-5-7-17(27-2)8-6-15;/h5-8,16H,4,9-14H2,1-3H3,(H,21,23)(H,22,25);1H. The van der Waals surface area contributed by atoms with Crippen LogP contribution in [0.2, 0.25) is 0 Å². The zero-order valence-electron chi connectivity index (χ0n) is 17.3. The molecule has 1 amide bonds. The number of nitrogens with zero attached hydrogens (tertiary/aromatic N) is 2. The summed E-state index contributed by atoms with van der Waals surface area (Å²) in [6.45, 7) is 4.61. The van der Waals surface area contributed by atoms with Crippen LogP contribution in [-0.4, -0.2) is 63.1 Å². The number of amides is 1. The lowest BCUT2D eigenvalue weighted by atomic mass is 9.97. The van der Waals surface area contributed by atoms with Gasteiger partial charge in [-0.05, 0) is 37.5 Å². The summed E-state index contributed by atoms with van der Waals surface area (Å²) >= 11 is 0. The molecule has 1 fully saturated rings. The molecule has 2 N–H and O–H groups in total. The third kappa shape index (κ3) is 8.08. The van der Waals surface area contributed by atoms with E-state index < -0.39 is 0 Å². The molecule has 1 aromatic rings. The van der Waals surface area contributed by atoms with E-state index in [1.54, 1.807) is 7.11 Å². The quantitative estimate of drug-likeness (QED) is 0.248. The number of hydrogen-bond acceptors (Lipinski definition) is 5. The minimum Gasteiger partial charge on any atom is -0.497 e. The first-order valence-electron chi connectivity index (χ1n) is 9.58. The fourth-order valence-corrected chi connectivity index (χ4v) is 3.07. The van der Waals surface area contributed by atoms with Crippen LogP contribution in [-0.2, 0) is 20.9 Å². The first-order valence-corrected chi connectivity index (χ1v) is 9.58. The summed E-state index contributed by atoms with van der Waals surface area (Å²) in [5, 5.41) is 6.09. The number of esters is 1. The van der Waals surface area contributed by atoms with Gasteiger partial charge in [0.05, 0.1) is 20.1 Å². The van der Waals surface area contributed by atoms with Gasteiger partial charge in [-0.3, -0.25) is 9.59 Å². The maximum Gasteiger partial charge on any atom is 0.308 e. The van der Waals surface area contributed by atoms with Crippen LogP contribution in [0.25, 0.3) is 0 Å². The number of methoxy groups -OCH3 is 2. The average Bonchev–Trinajstić information content (AvgIpc) is 2.75. The van der Waals surface area contributed by atoms with E-state index in [1.165, 1.54) is 7.11 Å². The Hall–Kier alpha value is -2.04. The monoisotopic (exact) mass is 518 g/mol. The van der Waals surface area contributed by atoms with Gasteiger partial charge in [0.15, 0.2) is 5.96 Å². The molecule has 0 radical (unpaired) electrons. The lowest BCUT2D eigenvalue weighted by Crippen LogP contribution is -2.47. The van der Waals surface area contributed by atoms with Gasteiger partial charge in [-0.15, -0.1) is 24.0 Å². The number of carbonyl (C=O) groups is 2. The van der Waals surface area contributed by atoms with E-state index in [1.807, 2.05) is 31.2 Å². The Morgan fingerprint density at radius 1 is 1.14 bits per heavy atom. The number of aliphatic imine (C=N–C) groups is 1. The molecular formula is C20H31IN4O4. The first-order chi connectivity index (χ1) is 13.6. The lowest BCUT2D eigenvalue weighted by molar-refractivity contribution is -0.146. The molecule has 1 aliphatic heterocycles. The second-order valence-electron chi connectivity index (χ2n) is 6.58. The molecular weight excluding hydrogens is 487 g/mol. The molecule has 2 rings (SSSR count). The van der Waals surface area contributed by atoms with Crippen molar-refractivity contribution >= 4 is 41.8 Å². The maximum atomic E-state index is 12.2. The largest absolute Gasteiger partial charge is 0.497 e. The first kappa shape index (κ1) is 25.0. The average molecular weight is 518 g/mol. The summed E-state index contributed by atoms with van der Waals surface area (Å²) in [5.41, 5.74) is 0.995. The Kier molecular flexibility index (Phi) is 11.4. The van der Waals surface area contributed by atoms with Gasteiger partial charge in [0, 0.05) is 26.2 Å². The van der Waals surface area contributed by atoms with E-state index in [0.717, 1.165) is 24.2 Å². The number of hydrogen-bond donors (Lipinski definition) is 2. The number of halogens is 1. The van der Waals surface area contributed by atoms with Crippen LogP contribution in [0.4, 0.5) is 0 Å². The molecule has 1 heterocycles. The summed E-state index contributed by atoms with van der Waals surface area (Å²) < 4.78 is 9.95. The van der Waals surface area contributed by atoms with Crippen molar-refractivity contribution in [3.63, 3.8) is 0 Å². The highest BCUT2D eigenvalue weighted by molar-refractivity contribution is 14.0. The lowest BCUT2D eigenvalue weighted by Gasteiger charge is -2.33. The molecule has 0 aliphatic carbocycles. The molecule has 0 bridgehead atoms. The molecule has 0 spiro atoms. The number of nitrogens with one attached hydrogen (secondary N) is 2. The van der Waals surface area contributed by atoms with Crippen molar-refractivity contribution in [2.75, 3.05) is 40.4 Å². The highest BCUT2D eigenvalue weighted by atomic mass is 127. The van der Waals surface area contributed by atoms with Gasteiger partial charge < -0.3 is 25.0 Å². The molecule has 162 valence electrons. The number of ether oxygens (including phenoxy) is 2. The maximum absolute atomic E-state index is 12.2. The SMILES string of the molecule is CCNC(=NCC(=O)NCc1ccc(OC)cc1)N1CCC(C(=O)OC)CC1.I. The van der Waals surface area contributed by atoms with Crippen molar-refractivity contribution < 1.29 is 19.1 Å². The zero-order valence-corrected chi connectivity index (χ0v) is 19.6. The summed E-state index contributed by atoms with van der Waals surface area (Å²) in [4.78, 5) is 30.4. The van der Waals surface area contributed by atoms with Gasteiger partial charge in [0.2, 0.25) is 5.91 Å². The minimum absolute atomic E-state index is 0. The van der Waals surface area contributed by atoms with E-state index in [9.17, 15) is 9.59 Å². The van der Waals surface area contributed by atoms with Gasteiger partial charge in [-0.25, -0.2) is 4.99 Å². The molecule has 9 heteroatoms.